The van der Waals surface area contributed by atoms with Crippen LogP contribution < -0.4 is 10.6 Å². The van der Waals surface area contributed by atoms with Crippen LogP contribution in [0.3, 0.4) is 0 Å². The summed E-state index contributed by atoms with van der Waals surface area (Å²) in [6.07, 6.45) is 6.56. The molecule has 0 aliphatic heterocycles. The second-order valence-corrected chi connectivity index (χ2v) is 4.94. The molecule has 0 saturated heterocycles. The molecule has 2 atom stereocenters. The zero-order valence-electron chi connectivity index (χ0n) is 10.8. The molecule has 1 aromatic heterocycles. The van der Waals surface area contributed by atoms with Crippen LogP contribution in [0.25, 0.3) is 0 Å². The summed E-state index contributed by atoms with van der Waals surface area (Å²) < 4.78 is 0. The van der Waals surface area contributed by atoms with Crippen LogP contribution in [0.15, 0.2) is 18.3 Å². The van der Waals surface area contributed by atoms with E-state index >= 15 is 0 Å². The van der Waals surface area contributed by atoms with Crippen molar-refractivity contribution in [3.05, 3.63) is 23.9 Å². The highest BCUT2D eigenvalue weighted by Crippen LogP contribution is 2.30. The predicted octanol–water partition coefficient (Wildman–Crippen LogP) is 1.91. The van der Waals surface area contributed by atoms with Crippen LogP contribution in [0.2, 0.25) is 0 Å². The van der Waals surface area contributed by atoms with Gasteiger partial charge in [-0.1, -0.05) is 12.8 Å². The minimum atomic E-state index is 0.408. The average molecular weight is 244 g/mol. The third-order valence-corrected chi connectivity index (χ3v) is 3.91. The van der Waals surface area contributed by atoms with Gasteiger partial charge in [0.1, 0.15) is 11.9 Å². The number of nitriles is 1. The van der Waals surface area contributed by atoms with E-state index in [4.69, 9.17) is 11.0 Å². The SMILES string of the molecule is CN(c1ncccc1C#N)C1CCCCC1CN. The zero-order chi connectivity index (χ0) is 13.0. The summed E-state index contributed by atoms with van der Waals surface area (Å²) in [6, 6.07) is 6.24. The van der Waals surface area contributed by atoms with Gasteiger partial charge in [0.05, 0.1) is 5.56 Å². The van der Waals surface area contributed by atoms with Gasteiger partial charge in [-0.25, -0.2) is 4.98 Å². The van der Waals surface area contributed by atoms with Crippen molar-refractivity contribution in [2.45, 2.75) is 31.7 Å². The molecule has 2 rings (SSSR count). The van der Waals surface area contributed by atoms with Crippen LogP contribution in [-0.4, -0.2) is 24.6 Å². The van der Waals surface area contributed by atoms with Crippen LogP contribution in [0.1, 0.15) is 31.2 Å². The van der Waals surface area contributed by atoms with Gasteiger partial charge in [0.15, 0.2) is 0 Å². The summed E-state index contributed by atoms with van der Waals surface area (Å²) >= 11 is 0. The van der Waals surface area contributed by atoms with Crippen molar-refractivity contribution >= 4 is 5.82 Å². The van der Waals surface area contributed by atoms with E-state index < -0.39 is 0 Å². The van der Waals surface area contributed by atoms with Crippen LogP contribution in [0, 0.1) is 17.2 Å². The monoisotopic (exact) mass is 244 g/mol. The van der Waals surface area contributed by atoms with Gasteiger partial charge in [0.25, 0.3) is 0 Å². The number of anilines is 1. The lowest BCUT2D eigenvalue weighted by Crippen LogP contribution is -2.43. The average Bonchev–Trinajstić information content (AvgIpc) is 2.46. The molecule has 1 heterocycles. The molecule has 0 spiro atoms. The lowest BCUT2D eigenvalue weighted by atomic mass is 9.83. The Labute approximate surface area is 108 Å². The van der Waals surface area contributed by atoms with Gasteiger partial charge in [0, 0.05) is 19.3 Å². The van der Waals surface area contributed by atoms with E-state index in [-0.39, 0.29) is 0 Å². The van der Waals surface area contributed by atoms with E-state index in [2.05, 4.69) is 16.0 Å². The number of aromatic nitrogens is 1. The molecule has 1 saturated carbocycles. The molecule has 4 heteroatoms. The first-order valence-electron chi connectivity index (χ1n) is 6.56. The summed E-state index contributed by atoms with van der Waals surface area (Å²) in [5, 5.41) is 9.15. The van der Waals surface area contributed by atoms with Gasteiger partial charge < -0.3 is 10.6 Å². The van der Waals surface area contributed by atoms with Crippen LogP contribution >= 0.6 is 0 Å². The van der Waals surface area contributed by atoms with Crippen molar-refractivity contribution in [1.82, 2.24) is 4.98 Å². The molecule has 0 radical (unpaired) electrons. The lowest BCUT2D eigenvalue weighted by molar-refractivity contribution is 0.305. The normalized spacial score (nSPS) is 23.4. The van der Waals surface area contributed by atoms with Crippen molar-refractivity contribution in [1.29, 1.82) is 5.26 Å². The van der Waals surface area contributed by atoms with E-state index in [1.165, 1.54) is 19.3 Å². The fourth-order valence-electron chi connectivity index (χ4n) is 2.90. The van der Waals surface area contributed by atoms with Gasteiger partial charge in [-0.15, -0.1) is 0 Å². The number of nitrogens with zero attached hydrogens (tertiary/aromatic N) is 3. The molecule has 96 valence electrons. The Morgan fingerprint density at radius 3 is 3.00 bits per heavy atom. The van der Waals surface area contributed by atoms with Crippen LogP contribution in [0.5, 0.6) is 0 Å². The van der Waals surface area contributed by atoms with E-state index in [0.717, 1.165) is 12.2 Å². The molecule has 4 nitrogen and oxygen atoms in total. The Morgan fingerprint density at radius 2 is 2.28 bits per heavy atom. The number of hydrogen-bond acceptors (Lipinski definition) is 4. The highest BCUT2D eigenvalue weighted by Gasteiger charge is 2.28. The number of hydrogen-bond donors (Lipinski definition) is 1. The maximum absolute atomic E-state index is 9.15. The third-order valence-electron chi connectivity index (χ3n) is 3.91. The Bertz CT molecular complexity index is 438. The van der Waals surface area contributed by atoms with Crippen molar-refractivity contribution in [2.75, 3.05) is 18.5 Å². The highest BCUT2D eigenvalue weighted by atomic mass is 15.2. The first kappa shape index (κ1) is 12.8. The Morgan fingerprint density at radius 1 is 1.50 bits per heavy atom. The van der Waals surface area contributed by atoms with E-state index in [1.807, 2.05) is 13.1 Å². The first-order chi connectivity index (χ1) is 8.77. The van der Waals surface area contributed by atoms with Gasteiger partial charge in [0.2, 0.25) is 0 Å². The number of nitrogens with two attached hydrogens (primary N) is 1. The van der Waals surface area contributed by atoms with Crippen molar-refractivity contribution in [2.24, 2.45) is 11.7 Å². The standard InChI is InChI=1S/C14H20N4/c1-18(13-7-3-2-5-11(13)9-15)14-12(10-16)6-4-8-17-14/h4,6,8,11,13H,2-3,5,7,9,15H2,1H3. The molecule has 1 aliphatic carbocycles. The molecule has 0 amide bonds. The molecule has 2 N–H and O–H groups in total. The van der Waals surface area contributed by atoms with Crippen molar-refractivity contribution in [3.8, 4) is 6.07 Å². The minimum Gasteiger partial charge on any atom is -0.355 e. The summed E-state index contributed by atoms with van der Waals surface area (Å²) in [4.78, 5) is 6.50. The first-order valence-corrected chi connectivity index (χ1v) is 6.56. The summed E-state index contributed by atoms with van der Waals surface area (Å²) in [6.45, 7) is 0.712. The fraction of sp³-hybridized carbons (Fsp3) is 0.571. The molecule has 0 bridgehead atoms. The van der Waals surface area contributed by atoms with Crippen LogP contribution in [0.4, 0.5) is 5.82 Å². The molecule has 1 aromatic rings. The molecule has 2 unspecified atom stereocenters. The maximum Gasteiger partial charge on any atom is 0.146 e. The topological polar surface area (TPSA) is 65.9 Å². The fourth-order valence-corrected chi connectivity index (χ4v) is 2.90. The highest BCUT2D eigenvalue weighted by molar-refractivity contribution is 5.53. The number of pyridine rings is 1. The predicted molar refractivity (Wildman–Crippen MR) is 72.2 cm³/mol. The van der Waals surface area contributed by atoms with E-state index in [1.54, 1.807) is 12.3 Å². The maximum atomic E-state index is 9.15. The summed E-state index contributed by atoms with van der Waals surface area (Å²) in [5.41, 5.74) is 6.51. The molecular weight excluding hydrogens is 224 g/mol. The number of rotatable bonds is 3. The lowest BCUT2D eigenvalue weighted by Gasteiger charge is -2.38. The quantitative estimate of drug-likeness (QED) is 0.882. The molecule has 1 aliphatic rings. The van der Waals surface area contributed by atoms with Gasteiger partial charge in [-0.2, -0.15) is 5.26 Å². The second kappa shape index (κ2) is 5.83. The Kier molecular flexibility index (Phi) is 4.16. The molecular formula is C14H20N4. The van der Waals surface area contributed by atoms with Gasteiger partial charge >= 0.3 is 0 Å². The van der Waals surface area contributed by atoms with E-state index in [9.17, 15) is 0 Å². The van der Waals surface area contributed by atoms with E-state index in [0.29, 0.717) is 24.1 Å². The Balaban J connectivity index is 2.24. The Hall–Kier alpha value is -1.60. The summed E-state index contributed by atoms with van der Waals surface area (Å²) in [5.74, 6) is 1.29. The largest absolute Gasteiger partial charge is 0.355 e. The summed E-state index contributed by atoms with van der Waals surface area (Å²) in [7, 11) is 2.03. The third kappa shape index (κ3) is 2.46. The van der Waals surface area contributed by atoms with Crippen molar-refractivity contribution < 1.29 is 0 Å². The molecule has 18 heavy (non-hydrogen) atoms. The molecule has 0 aromatic carbocycles. The van der Waals surface area contributed by atoms with Gasteiger partial charge in [-0.05, 0) is 37.4 Å². The van der Waals surface area contributed by atoms with Crippen LogP contribution in [-0.2, 0) is 0 Å². The second-order valence-electron chi connectivity index (χ2n) is 4.94. The van der Waals surface area contributed by atoms with Gasteiger partial charge in [-0.3, -0.25) is 0 Å². The smallest absolute Gasteiger partial charge is 0.146 e. The zero-order valence-corrected chi connectivity index (χ0v) is 10.8. The minimum absolute atomic E-state index is 0.408. The van der Waals surface area contributed by atoms with Crippen molar-refractivity contribution in [3.63, 3.8) is 0 Å². The molecule has 1 fully saturated rings.